The summed E-state index contributed by atoms with van der Waals surface area (Å²) in [4.78, 5) is 7.73. The summed E-state index contributed by atoms with van der Waals surface area (Å²) in [6, 6.07) is 3.92. The highest BCUT2D eigenvalue weighted by molar-refractivity contribution is 5.55. The maximum absolute atomic E-state index is 13.8. The average Bonchev–Trinajstić information content (AvgIpc) is 2.85. The first-order valence-electron chi connectivity index (χ1n) is 5.37. The zero-order valence-corrected chi connectivity index (χ0v) is 10.2. The normalized spacial score (nSPS) is 11.8. The van der Waals surface area contributed by atoms with Crippen LogP contribution in [0.5, 0.6) is 0 Å². The second-order valence-corrected chi connectivity index (χ2v) is 3.76. The topological polar surface area (TPSA) is 60.2 Å². The molecule has 0 saturated heterocycles. The Morgan fingerprint density at radius 1 is 1.40 bits per heavy atom. The Hall–Kier alpha value is -2.00. The summed E-state index contributed by atoms with van der Waals surface area (Å²) in [5.74, 6) is -2.73. The van der Waals surface area contributed by atoms with Crippen molar-refractivity contribution >= 4 is 0 Å². The van der Waals surface area contributed by atoms with Crippen LogP contribution in [0.25, 0.3) is 11.4 Å². The molecule has 0 aliphatic rings. The van der Waals surface area contributed by atoms with Crippen molar-refractivity contribution < 1.29 is 28.3 Å². The molecule has 110 valence electrons. The van der Waals surface area contributed by atoms with Gasteiger partial charge in [-0.3, -0.25) is 0 Å². The number of hydroxylamine groups is 1. The number of rotatable bonds is 4. The molecule has 0 bridgehead atoms. The third kappa shape index (κ3) is 3.11. The van der Waals surface area contributed by atoms with Gasteiger partial charge in [0.15, 0.2) is 0 Å². The van der Waals surface area contributed by atoms with Crippen molar-refractivity contribution in [3.8, 4) is 11.4 Å². The van der Waals surface area contributed by atoms with Crippen LogP contribution in [0.1, 0.15) is 12.9 Å². The van der Waals surface area contributed by atoms with Crippen LogP contribution in [0.4, 0.5) is 17.6 Å². The van der Waals surface area contributed by atoms with Crippen molar-refractivity contribution in [1.29, 1.82) is 0 Å². The summed E-state index contributed by atoms with van der Waals surface area (Å²) in [6.07, 6.45) is -4.76. The number of aromatic nitrogens is 2. The Morgan fingerprint density at radius 3 is 2.70 bits per heavy atom. The molecule has 0 radical (unpaired) electrons. The molecule has 0 unspecified atom stereocenters. The predicted molar refractivity (Wildman–Crippen MR) is 60.7 cm³/mol. The molecule has 9 heteroatoms. The zero-order valence-electron chi connectivity index (χ0n) is 10.2. The molecular formula is C11H11F4N3O2. The summed E-state index contributed by atoms with van der Waals surface area (Å²) < 4.78 is 54.8. The standard InChI is InChI=1S/C11H9F4N3O2.H2/c1-19-16-5-6-2-3-7(8(12)4-6)9-17-10(20-18-9)11(13,14)15;/h2-4,16H,5H2,1H3;1H. The maximum Gasteiger partial charge on any atom is 0.471 e. The average molecular weight is 293 g/mol. The van der Waals surface area contributed by atoms with E-state index in [0.717, 1.165) is 6.07 Å². The van der Waals surface area contributed by atoms with Crippen LogP contribution in [0.2, 0.25) is 0 Å². The summed E-state index contributed by atoms with van der Waals surface area (Å²) >= 11 is 0. The summed E-state index contributed by atoms with van der Waals surface area (Å²) in [5, 5.41) is 3.12. The van der Waals surface area contributed by atoms with Gasteiger partial charge in [-0.05, 0) is 17.7 Å². The molecule has 2 aromatic rings. The fourth-order valence-corrected chi connectivity index (χ4v) is 1.45. The maximum atomic E-state index is 13.8. The molecule has 1 aromatic heterocycles. The van der Waals surface area contributed by atoms with E-state index < -0.39 is 23.7 Å². The fraction of sp³-hybridized carbons (Fsp3) is 0.273. The van der Waals surface area contributed by atoms with Gasteiger partial charge >= 0.3 is 12.1 Å². The molecule has 1 aromatic carbocycles. The number of benzene rings is 1. The molecule has 0 spiro atoms. The quantitative estimate of drug-likeness (QED) is 0.694. The monoisotopic (exact) mass is 293 g/mol. The molecule has 1 N–H and O–H groups in total. The van der Waals surface area contributed by atoms with Crippen molar-refractivity contribution in [1.82, 2.24) is 15.6 Å². The largest absolute Gasteiger partial charge is 0.471 e. The highest BCUT2D eigenvalue weighted by Crippen LogP contribution is 2.30. The van der Waals surface area contributed by atoms with Gasteiger partial charge in [-0.1, -0.05) is 11.2 Å². The molecule has 0 aliphatic heterocycles. The molecule has 0 atom stereocenters. The lowest BCUT2D eigenvalue weighted by Crippen LogP contribution is -2.10. The van der Waals surface area contributed by atoms with E-state index in [2.05, 4.69) is 25.0 Å². The molecule has 0 amide bonds. The van der Waals surface area contributed by atoms with Gasteiger partial charge < -0.3 is 9.36 Å². The van der Waals surface area contributed by atoms with Crippen LogP contribution >= 0.6 is 0 Å². The van der Waals surface area contributed by atoms with E-state index in [0.29, 0.717) is 5.56 Å². The number of nitrogens with zero attached hydrogens (tertiary/aromatic N) is 2. The molecule has 0 saturated carbocycles. The highest BCUT2D eigenvalue weighted by Gasteiger charge is 2.38. The SMILES string of the molecule is CONCc1ccc(-c2noc(C(F)(F)F)n2)c(F)c1.[HH]. The molecule has 1 heterocycles. The predicted octanol–water partition coefficient (Wildman–Crippen LogP) is 2.79. The van der Waals surface area contributed by atoms with Gasteiger partial charge in [0.25, 0.3) is 0 Å². The Morgan fingerprint density at radius 2 is 2.15 bits per heavy atom. The number of hydrogen-bond donors (Lipinski definition) is 1. The van der Waals surface area contributed by atoms with Gasteiger partial charge in [-0.2, -0.15) is 23.6 Å². The van der Waals surface area contributed by atoms with E-state index in [9.17, 15) is 17.6 Å². The lowest BCUT2D eigenvalue weighted by atomic mass is 10.1. The summed E-state index contributed by atoms with van der Waals surface area (Å²) in [6.45, 7) is 0.244. The van der Waals surface area contributed by atoms with E-state index in [4.69, 9.17) is 0 Å². The lowest BCUT2D eigenvalue weighted by Gasteiger charge is -2.04. The van der Waals surface area contributed by atoms with Gasteiger partial charge in [-0.25, -0.2) is 4.39 Å². The number of nitrogens with one attached hydrogen (secondary N) is 1. The van der Waals surface area contributed by atoms with Gasteiger partial charge in [-0.15, -0.1) is 0 Å². The zero-order chi connectivity index (χ0) is 14.8. The van der Waals surface area contributed by atoms with Crippen molar-refractivity contribution in [2.75, 3.05) is 7.11 Å². The van der Waals surface area contributed by atoms with Gasteiger partial charge in [0.1, 0.15) is 5.82 Å². The minimum atomic E-state index is -4.76. The minimum Gasteiger partial charge on any atom is -0.329 e. The van der Waals surface area contributed by atoms with Crippen LogP contribution in [-0.2, 0) is 17.6 Å². The van der Waals surface area contributed by atoms with Crippen molar-refractivity contribution in [2.24, 2.45) is 0 Å². The molecule has 5 nitrogen and oxygen atoms in total. The lowest BCUT2D eigenvalue weighted by molar-refractivity contribution is -0.159. The van der Waals surface area contributed by atoms with E-state index in [1.165, 1.54) is 19.2 Å². The second kappa shape index (κ2) is 5.55. The van der Waals surface area contributed by atoms with Gasteiger partial charge in [0, 0.05) is 7.97 Å². The first-order valence-corrected chi connectivity index (χ1v) is 5.37. The minimum absolute atomic E-state index is 0. The second-order valence-electron chi connectivity index (χ2n) is 3.76. The molecule has 2 rings (SSSR count). The van der Waals surface area contributed by atoms with Crippen molar-refractivity contribution in [2.45, 2.75) is 12.7 Å². The van der Waals surface area contributed by atoms with Crippen molar-refractivity contribution in [3.63, 3.8) is 0 Å². The smallest absolute Gasteiger partial charge is 0.329 e. The molecule has 0 fully saturated rings. The van der Waals surface area contributed by atoms with E-state index >= 15 is 0 Å². The van der Waals surface area contributed by atoms with E-state index in [-0.39, 0.29) is 13.5 Å². The van der Waals surface area contributed by atoms with E-state index in [1.54, 1.807) is 0 Å². The first-order chi connectivity index (χ1) is 9.41. The Labute approximate surface area is 112 Å². The third-order valence-electron chi connectivity index (χ3n) is 2.36. The number of halogens is 4. The first kappa shape index (κ1) is 14.4. The van der Waals surface area contributed by atoms with Crippen LogP contribution in [0, 0.1) is 5.82 Å². The molecular weight excluding hydrogens is 282 g/mol. The van der Waals surface area contributed by atoms with Gasteiger partial charge in [0.2, 0.25) is 5.82 Å². The van der Waals surface area contributed by atoms with Crippen LogP contribution in [0.15, 0.2) is 22.7 Å². The summed E-state index contributed by atoms with van der Waals surface area (Å²) in [7, 11) is 1.41. The third-order valence-corrected chi connectivity index (χ3v) is 2.36. The Kier molecular flexibility index (Phi) is 4.00. The van der Waals surface area contributed by atoms with Crippen LogP contribution in [0.3, 0.4) is 0 Å². The molecule has 0 aliphatic carbocycles. The molecule has 20 heavy (non-hydrogen) atoms. The van der Waals surface area contributed by atoms with Crippen molar-refractivity contribution in [3.05, 3.63) is 35.5 Å². The Balaban J connectivity index is 0.00000220. The number of hydrogen-bond acceptors (Lipinski definition) is 5. The van der Waals surface area contributed by atoms with Crippen LogP contribution < -0.4 is 5.48 Å². The summed E-state index contributed by atoms with van der Waals surface area (Å²) in [5.41, 5.74) is 2.88. The Bertz CT molecular complexity index is 603. The highest BCUT2D eigenvalue weighted by atomic mass is 19.4. The van der Waals surface area contributed by atoms with Crippen LogP contribution in [-0.4, -0.2) is 17.3 Å². The van der Waals surface area contributed by atoms with Gasteiger partial charge in [0.05, 0.1) is 12.7 Å². The fourth-order valence-electron chi connectivity index (χ4n) is 1.45. The van der Waals surface area contributed by atoms with E-state index in [1.807, 2.05) is 0 Å². The number of alkyl halides is 3.